The minimum atomic E-state index is -0.182. The van der Waals surface area contributed by atoms with Gasteiger partial charge in [0.1, 0.15) is 0 Å². The van der Waals surface area contributed by atoms with E-state index >= 15 is 0 Å². The van der Waals surface area contributed by atoms with Gasteiger partial charge in [0, 0.05) is 38.9 Å². The van der Waals surface area contributed by atoms with Crippen LogP contribution in [0.5, 0.6) is 0 Å². The highest BCUT2D eigenvalue weighted by Crippen LogP contribution is 2.24. The smallest absolute Gasteiger partial charge is 0.235 e. The number of fused-ring (bicyclic) bond motifs is 1. The minimum absolute atomic E-state index is 0.173. The first-order valence-electron chi connectivity index (χ1n) is 9.22. The highest BCUT2D eigenvalue weighted by molar-refractivity contribution is 8.00. The lowest BCUT2D eigenvalue weighted by Crippen LogP contribution is -2.50. The van der Waals surface area contributed by atoms with Gasteiger partial charge in [-0.25, -0.2) is 0 Å². The van der Waals surface area contributed by atoms with Gasteiger partial charge < -0.3 is 4.90 Å². The molecule has 0 radical (unpaired) electrons. The van der Waals surface area contributed by atoms with Crippen LogP contribution < -0.4 is 0 Å². The highest BCUT2D eigenvalue weighted by atomic mass is 32.2. The highest BCUT2D eigenvalue weighted by Gasteiger charge is 2.26. The van der Waals surface area contributed by atoms with E-state index < -0.39 is 0 Å². The average Bonchev–Trinajstić information content (AvgIpc) is 3.12. The molecule has 1 aliphatic rings. The Kier molecular flexibility index (Phi) is 5.40. The summed E-state index contributed by atoms with van der Waals surface area (Å²) in [5, 5.41) is 8.95. The zero-order valence-electron chi connectivity index (χ0n) is 15.4. The number of benzene rings is 1. The lowest BCUT2D eigenvalue weighted by molar-refractivity contribution is -0.132. The van der Waals surface area contributed by atoms with Crippen molar-refractivity contribution in [2.75, 3.05) is 26.2 Å². The van der Waals surface area contributed by atoms with E-state index in [0.29, 0.717) is 0 Å². The molecule has 1 fully saturated rings. The predicted molar refractivity (Wildman–Crippen MR) is 107 cm³/mol. The Bertz CT molecular complexity index is 905. The summed E-state index contributed by atoms with van der Waals surface area (Å²) in [6.07, 6.45) is 1.93. The molecule has 140 valence electrons. The van der Waals surface area contributed by atoms with E-state index in [1.807, 2.05) is 46.7 Å². The molecule has 1 atom stereocenters. The Balaban J connectivity index is 1.32. The summed E-state index contributed by atoms with van der Waals surface area (Å²) in [6.45, 7) is 6.26. The number of hydrogen-bond donors (Lipinski definition) is 0. The number of piperazine rings is 1. The van der Waals surface area contributed by atoms with Crippen LogP contribution in [-0.4, -0.2) is 61.7 Å². The largest absolute Gasteiger partial charge is 0.339 e. The molecule has 0 spiro atoms. The van der Waals surface area contributed by atoms with E-state index in [-0.39, 0.29) is 11.2 Å². The van der Waals surface area contributed by atoms with Gasteiger partial charge in [-0.3, -0.25) is 14.1 Å². The number of nitrogens with zero attached hydrogens (tertiary/aromatic N) is 5. The van der Waals surface area contributed by atoms with Crippen LogP contribution in [-0.2, 0) is 11.3 Å². The van der Waals surface area contributed by atoms with Crippen molar-refractivity contribution in [1.29, 1.82) is 0 Å². The van der Waals surface area contributed by atoms with E-state index in [2.05, 4.69) is 39.4 Å². The number of aromatic nitrogens is 3. The molecule has 3 heterocycles. The Morgan fingerprint density at radius 2 is 1.78 bits per heavy atom. The molecule has 0 saturated carbocycles. The molecule has 0 bridgehead atoms. The fourth-order valence-corrected chi connectivity index (χ4v) is 4.26. The van der Waals surface area contributed by atoms with Gasteiger partial charge in [0.2, 0.25) is 5.91 Å². The van der Waals surface area contributed by atoms with Crippen molar-refractivity contribution in [3.63, 3.8) is 0 Å². The van der Waals surface area contributed by atoms with E-state index in [4.69, 9.17) is 0 Å². The summed E-state index contributed by atoms with van der Waals surface area (Å²) in [5.74, 6) is 0.173. The number of carbonyl (C=O) groups excluding carboxylic acids is 1. The molecular formula is C20H23N5OS. The summed E-state index contributed by atoms with van der Waals surface area (Å²) in [5.41, 5.74) is 2.12. The fourth-order valence-electron chi connectivity index (χ4n) is 3.33. The molecule has 0 N–H and O–H groups in total. The second kappa shape index (κ2) is 8.10. The normalized spacial score (nSPS) is 16.6. The maximum atomic E-state index is 12.9. The lowest BCUT2D eigenvalue weighted by atomic mass is 10.2. The summed E-state index contributed by atoms with van der Waals surface area (Å²) in [6, 6.07) is 16.3. The van der Waals surface area contributed by atoms with E-state index in [1.165, 1.54) is 17.3 Å². The number of rotatable bonds is 5. The van der Waals surface area contributed by atoms with Crippen LogP contribution in [0.3, 0.4) is 0 Å². The number of thioether (sulfide) groups is 1. The van der Waals surface area contributed by atoms with Crippen molar-refractivity contribution >= 4 is 23.3 Å². The molecule has 0 aliphatic carbocycles. The maximum Gasteiger partial charge on any atom is 0.235 e. The van der Waals surface area contributed by atoms with Crippen LogP contribution in [0.25, 0.3) is 5.65 Å². The first-order valence-corrected chi connectivity index (χ1v) is 10.1. The number of carbonyl (C=O) groups is 1. The van der Waals surface area contributed by atoms with Gasteiger partial charge in [-0.15, -0.1) is 10.2 Å². The number of amides is 1. The van der Waals surface area contributed by atoms with Crippen LogP contribution in [0.1, 0.15) is 12.5 Å². The molecule has 7 heteroatoms. The monoisotopic (exact) mass is 381 g/mol. The minimum Gasteiger partial charge on any atom is -0.339 e. The summed E-state index contributed by atoms with van der Waals surface area (Å²) in [7, 11) is 0. The average molecular weight is 382 g/mol. The van der Waals surface area contributed by atoms with Gasteiger partial charge in [0.05, 0.1) is 5.25 Å². The van der Waals surface area contributed by atoms with Crippen LogP contribution in [0, 0.1) is 0 Å². The van der Waals surface area contributed by atoms with Crippen molar-refractivity contribution in [3.8, 4) is 0 Å². The van der Waals surface area contributed by atoms with Gasteiger partial charge in [-0.05, 0) is 24.6 Å². The Hall–Kier alpha value is -2.38. The van der Waals surface area contributed by atoms with Crippen molar-refractivity contribution in [1.82, 2.24) is 24.4 Å². The summed E-state index contributed by atoms with van der Waals surface area (Å²) < 4.78 is 1.92. The molecule has 1 aliphatic heterocycles. The molecule has 27 heavy (non-hydrogen) atoms. The zero-order valence-corrected chi connectivity index (χ0v) is 16.2. The third-order valence-electron chi connectivity index (χ3n) is 4.85. The molecule has 1 saturated heterocycles. The lowest BCUT2D eigenvalue weighted by Gasteiger charge is -2.35. The molecule has 1 amide bonds. The van der Waals surface area contributed by atoms with Gasteiger partial charge in [0.25, 0.3) is 0 Å². The van der Waals surface area contributed by atoms with Crippen LogP contribution in [0.15, 0.2) is 59.9 Å². The SMILES string of the molecule is C[C@@H](Sc1nnc2ccccn12)C(=O)N1CCN(Cc2ccccc2)CC1. The van der Waals surface area contributed by atoms with Crippen molar-refractivity contribution < 1.29 is 4.79 Å². The third-order valence-corrected chi connectivity index (χ3v) is 5.89. The fraction of sp³-hybridized carbons (Fsp3) is 0.350. The molecule has 4 rings (SSSR count). The molecule has 0 unspecified atom stereocenters. The Morgan fingerprint density at radius 3 is 2.56 bits per heavy atom. The van der Waals surface area contributed by atoms with Crippen LogP contribution >= 0.6 is 11.8 Å². The van der Waals surface area contributed by atoms with Crippen molar-refractivity contribution in [2.45, 2.75) is 23.9 Å². The third kappa shape index (κ3) is 4.14. The molecule has 6 nitrogen and oxygen atoms in total. The van der Waals surface area contributed by atoms with Crippen LogP contribution in [0.2, 0.25) is 0 Å². The van der Waals surface area contributed by atoms with Gasteiger partial charge in [-0.1, -0.05) is 48.2 Å². The zero-order chi connectivity index (χ0) is 18.6. The van der Waals surface area contributed by atoms with Crippen molar-refractivity contribution in [3.05, 3.63) is 60.3 Å². The maximum absolute atomic E-state index is 12.9. The molecule has 3 aromatic rings. The summed E-state index contributed by atoms with van der Waals surface area (Å²) >= 11 is 1.47. The topological polar surface area (TPSA) is 53.7 Å². The first-order chi connectivity index (χ1) is 13.2. The van der Waals surface area contributed by atoms with E-state index in [9.17, 15) is 4.79 Å². The molecule has 2 aromatic heterocycles. The quantitative estimate of drug-likeness (QED) is 0.636. The molecule has 1 aromatic carbocycles. The van der Waals surface area contributed by atoms with Crippen LogP contribution in [0.4, 0.5) is 0 Å². The van der Waals surface area contributed by atoms with Crippen molar-refractivity contribution in [2.24, 2.45) is 0 Å². The second-order valence-electron chi connectivity index (χ2n) is 6.76. The van der Waals surface area contributed by atoms with Gasteiger partial charge in [0.15, 0.2) is 10.8 Å². The number of pyridine rings is 1. The van der Waals surface area contributed by atoms with E-state index in [0.717, 1.165) is 43.5 Å². The molecular weight excluding hydrogens is 358 g/mol. The van der Waals surface area contributed by atoms with E-state index in [1.54, 1.807) is 0 Å². The van der Waals surface area contributed by atoms with Gasteiger partial charge in [-0.2, -0.15) is 0 Å². The Morgan fingerprint density at radius 1 is 1.04 bits per heavy atom. The standard InChI is InChI=1S/C20H23N5OS/c1-16(27-20-22-21-18-9-5-6-10-25(18)20)19(26)24-13-11-23(12-14-24)15-17-7-3-2-4-8-17/h2-10,16H,11-15H2,1H3/t16-/m1/s1. The Labute approximate surface area is 163 Å². The summed E-state index contributed by atoms with van der Waals surface area (Å²) in [4.78, 5) is 17.2. The number of hydrogen-bond acceptors (Lipinski definition) is 5. The predicted octanol–water partition coefficient (Wildman–Crippen LogP) is 2.55. The first kappa shape index (κ1) is 18.0. The van der Waals surface area contributed by atoms with Gasteiger partial charge >= 0.3 is 0 Å². The second-order valence-corrected chi connectivity index (χ2v) is 8.07.